The van der Waals surface area contributed by atoms with Crippen LogP contribution in [0, 0.1) is 0 Å². The number of rotatable bonds is 3. The van der Waals surface area contributed by atoms with Crippen LogP contribution in [0.5, 0.6) is 0 Å². The Hall–Kier alpha value is -1.23. The van der Waals surface area contributed by atoms with Gasteiger partial charge < -0.3 is 5.11 Å². The third-order valence-corrected chi connectivity index (χ3v) is 1.96. The smallest absolute Gasteiger partial charge is 0.337 e. The topological polar surface area (TPSA) is 50.2 Å². The molecule has 0 aliphatic carbocycles. The number of aromatic nitrogens is 1. The molecule has 1 heterocycles. The molecule has 76 valence electrons. The minimum absolute atomic E-state index is 0.0795. The summed E-state index contributed by atoms with van der Waals surface area (Å²) in [5.74, 6) is -1.58. The van der Waals surface area contributed by atoms with Crippen LogP contribution >= 0.6 is 11.6 Å². The molecule has 6 heteroatoms. The van der Waals surface area contributed by atoms with Gasteiger partial charge in [-0.05, 0) is 5.56 Å². The minimum atomic E-state index is -2.77. The van der Waals surface area contributed by atoms with Crippen molar-refractivity contribution in [1.29, 1.82) is 0 Å². The van der Waals surface area contributed by atoms with Crippen LogP contribution in [-0.2, 0) is 5.88 Å². The maximum Gasteiger partial charge on any atom is 0.337 e. The highest BCUT2D eigenvalue weighted by molar-refractivity contribution is 6.17. The van der Waals surface area contributed by atoms with E-state index >= 15 is 0 Å². The van der Waals surface area contributed by atoms with E-state index in [0.717, 1.165) is 12.4 Å². The molecular formula is C8H6ClF2NO2. The van der Waals surface area contributed by atoms with Gasteiger partial charge in [0, 0.05) is 23.8 Å². The normalized spacial score (nSPS) is 10.6. The van der Waals surface area contributed by atoms with Gasteiger partial charge in [0.1, 0.15) is 0 Å². The second-order valence-corrected chi connectivity index (χ2v) is 2.76. The van der Waals surface area contributed by atoms with Crippen molar-refractivity contribution in [1.82, 2.24) is 4.98 Å². The third-order valence-electron chi connectivity index (χ3n) is 1.69. The lowest BCUT2D eigenvalue weighted by Gasteiger charge is -2.07. The first-order valence-corrected chi connectivity index (χ1v) is 4.15. The lowest BCUT2D eigenvalue weighted by atomic mass is 10.1. The molecule has 0 saturated carbocycles. The number of pyridine rings is 1. The van der Waals surface area contributed by atoms with E-state index in [1.165, 1.54) is 0 Å². The third kappa shape index (κ3) is 1.98. The zero-order valence-corrected chi connectivity index (χ0v) is 7.63. The summed E-state index contributed by atoms with van der Waals surface area (Å²) in [6.45, 7) is 0. The van der Waals surface area contributed by atoms with Gasteiger partial charge in [0.05, 0.1) is 5.56 Å². The van der Waals surface area contributed by atoms with Crippen molar-refractivity contribution >= 4 is 17.6 Å². The summed E-state index contributed by atoms with van der Waals surface area (Å²) >= 11 is 5.40. The van der Waals surface area contributed by atoms with Gasteiger partial charge in [-0.25, -0.2) is 13.6 Å². The second kappa shape index (κ2) is 4.32. The Morgan fingerprint density at radius 3 is 2.64 bits per heavy atom. The molecule has 0 aliphatic rings. The van der Waals surface area contributed by atoms with Crippen LogP contribution in [-0.4, -0.2) is 16.1 Å². The number of carbonyl (C=O) groups is 1. The van der Waals surface area contributed by atoms with Gasteiger partial charge in [0.2, 0.25) is 0 Å². The quantitative estimate of drug-likeness (QED) is 0.798. The summed E-state index contributed by atoms with van der Waals surface area (Å²) in [5.41, 5.74) is -0.790. The predicted octanol–water partition coefficient (Wildman–Crippen LogP) is 2.46. The first kappa shape index (κ1) is 10.8. The lowest BCUT2D eigenvalue weighted by Crippen LogP contribution is -2.06. The summed E-state index contributed by atoms with van der Waals surface area (Å²) in [5, 5.41) is 8.66. The van der Waals surface area contributed by atoms with Crippen LogP contribution in [0.1, 0.15) is 27.9 Å². The molecule has 3 nitrogen and oxygen atoms in total. The summed E-state index contributed by atoms with van der Waals surface area (Å²) in [7, 11) is 0. The number of aromatic carboxylic acids is 1. The largest absolute Gasteiger partial charge is 0.478 e. The Morgan fingerprint density at radius 1 is 1.57 bits per heavy atom. The lowest BCUT2D eigenvalue weighted by molar-refractivity contribution is 0.0695. The molecule has 0 radical (unpaired) electrons. The van der Waals surface area contributed by atoms with Gasteiger partial charge in [-0.1, -0.05) is 0 Å². The molecule has 0 aromatic carbocycles. The van der Waals surface area contributed by atoms with Gasteiger partial charge in [-0.2, -0.15) is 0 Å². The summed E-state index contributed by atoms with van der Waals surface area (Å²) in [6.07, 6.45) is -0.837. The molecule has 0 atom stereocenters. The summed E-state index contributed by atoms with van der Waals surface area (Å²) in [4.78, 5) is 14.0. The van der Waals surface area contributed by atoms with Crippen molar-refractivity contribution < 1.29 is 18.7 Å². The predicted molar refractivity (Wildman–Crippen MR) is 45.7 cm³/mol. The zero-order chi connectivity index (χ0) is 10.7. The van der Waals surface area contributed by atoms with Crippen molar-refractivity contribution in [2.75, 3.05) is 0 Å². The van der Waals surface area contributed by atoms with E-state index in [1.807, 2.05) is 0 Å². The van der Waals surface area contributed by atoms with Crippen molar-refractivity contribution in [3.05, 3.63) is 29.1 Å². The molecule has 0 aliphatic heterocycles. The maximum absolute atomic E-state index is 12.4. The first-order chi connectivity index (χ1) is 6.57. The fraction of sp³-hybridized carbons (Fsp3) is 0.250. The van der Waals surface area contributed by atoms with Crippen molar-refractivity contribution in [3.8, 4) is 0 Å². The van der Waals surface area contributed by atoms with Crippen LogP contribution in [0.25, 0.3) is 0 Å². The van der Waals surface area contributed by atoms with E-state index in [4.69, 9.17) is 16.7 Å². The Bertz CT molecular complexity index is 357. The van der Waals surface area contributed by atoms with Gasteiger partial charge in [-0.15, -0.1) is 11.6 Å². The average Bonchev–Trinajstić information content (AvgIpc) is 2.16. The molecule has 0 unspecified atom stereocenters. The summed E-state index contributed by atoms with van der Waals surface area (Å²) < 4.78 is 24.7. The van der Waals surface area contributed by atoms with Crippen LogP contribution in [0.4, 0.5) is 8.78 Å². The summed E-state index contributed by atoms with van der Waals surface area (Å²) in [6, 6.07) is 0. The van der Waals surface area contributed by atoms with Crippen molar-refractivity contribution in [2.24, 2.45) is 0 Å². The number of carboxylic acids is 1. The zero-order valence-electron chi connectivity index (χ0n) is 6.88. The van der Waals surface area contributed by atoms with Crippen molar-refractivity contribution in [3.63, 3.8) is 0 Å². The van der Waals surface area contributed by atoms with E-state index in [2.05, 4.69) is 4.98 Å². The van der Waals surface area contributed by atoms with E-state index in [-0.39, 0.29) is 17.0 Å². The number of alkyl halides is 3. The molecule has 1 aromatic rings. The van der Waals surface area contributed by atoms with Gasteiger partial charge in [-0.3, -0.25) is 4.98 Å². The molecule has 1 N–H and O–H groups in total. The molecule has 1 rings (SSSR count). The SMILES string of the molecule is O=C(O)c1cncc(C(F)F)c1CCl. The Kier molecular flexibility index (Phi) is 3.35. The van der Waals surface area contributed by atoms with Gasteiger partial charge in [0.25, 0.3) is 6.43 Å². The molecule has 0 amide bonds. The average molecular weight is 222 g/mol. The van der Waals surface area contributed by atoms with Crippen LogP contribution < -0.4 is 0 Å². The van der Waals surface area contributed by atoms with E-state index in [0.29, 0.717) is 0 Å². The number of nitrogens with zero attached hydrogens (tertiary/aromatic N) is 1. The number of halogens is 3. The van der Waals surface area contributed by atoms with Crippen LogP contribution in [0.15, 0.2) is 12.4 Å². The van der Waals surface area contributed by atoms with Crippen molar-refractivity contribution in [2.45, 2.75) is 12.3 Å². The van der Waals surface area contributed by atoms with E-state index in [1.54, 1.807) is 0 Å². The highest BCUT2D eigenvalue weighted by Gasteiger charge is 2.19. The Morgan fingerprint density at radius 2 is 2.21 bits per heavy atom. The number of hydrogen-bond acceptors (Lipinski definition) is 2. The minimum Gasteiger partial charge on any atom is -0.478 e. The molecule has 0 spiro atoms. The molecule has 0 saturated heterocycles. The van der Waals surface area contributed by atoms with Crippen LogP contribution in [0.3, 0.4) is 0 Å². The fourth-order valence-corrected chi connectivity index (χ4v) is 1.32. The second-order valence-electron chi connectivity index (χ2n) is 2.49. The Balaban J connectivity index is 3.32. The number of carboxylic acid groups (broad SMARTS) is 1. The number of hydrogen-bond donors (Lipinski definition) is 1. The molecular weight excluding hydrogens is 216 g/mol. The highest BCUT2D eigenvalue weighted by atomic mass is 35.5. The molecule has 0 fully saturated rings. The Labute approximate surface area is 83.3 Å². The monoisotopic (exact) mass is 221 g/mol. The van der Waals surface area contributed by atoms with Crippen LogP contribution in [0.2, 0.25) is 0 Å². The van der Waals surface area contributed by atoms with Gasteiger partial charge in [0.15, 0.2) is 0 Å². The first-order valence-electron chi connectivity index (χ1n) is 3.62. The van der Waals surface area contributed by atoms with E-state index < -0.39 is 18.0 Å². The fourth-order valence-electron chi connectivity index (χ4n) is 1.02. The van der Waals surface area contributed by atoms with Gasteiger partial charge >= 0.3 is 5.97 Å². The maximum atomic E-state index is 12.4. The molecule has 14 heavy (non-hydrogen) atoms. The molecule has 0 bridgehead atoms. The van der Waals surface area contributed by atoms with E-state index in [9.17, 15) is 13.6 Å². The molecule has 1 aromatic heterocycles. The highest BCUT2D eigenvalue weighted by Crippen LogP contribution is 2.25. The standard InChI is InChI=1S/C8H6ClF2NO2/c9-1-4-5(7(10)11)2-12-3-6(4)8(13)14/h2-3,7H,1H2,(H,13,14).